The number of ether oxygens (including phenoxy) is 2. The van der Waals surface area contributed by atoms with Gasteiger partial charge in [-0.3, -0.25) is 4.79 Å². The van der Waals surface area contributed by atoms with Crippen LogP contribution in [0, 0.1) is 11.3 Å². The molecule has 6 nitrogen and oxygen atoms in total. The number of nitrogens with zero attached hydrogens (tertiary/aromatic N) is 1. The lowest BCUT2D eigenvalue weighted by atomic mass is 10.1. The number of rotatable bonds is 7. The van der Waals surface area contributed by atoms with Crippen molar-refractivity contribution in [2.24, 2.45) is 5.73 Å². The van der Waals surface area contributed by atoms with Crippen LogP contribution in [0.5, 0.6) is 11.5 Å². The molecule has 0 saturated carbocycles. The Labute approximate surface area is 118 Å². The second-order valence-electron chi connectivity index (χ2n) is 4.39. The molecule has 0 aliphatic rings. The average Bonchev–Trinajstić information content (AvgIpc) is 2.42. The van der Waals surface area contributed by atoms with Gasteiger partial charge < -0.3 is 20.5 Å². The molecule has 0 aromatic heterocycles. The van der Waals surface area contributed by atoms with E-state index in [2.05, 4.69) is 5.32 Å². The molecule has 1 amide bonds. The molecule has 0 aliphatic carbocycles. The molecule has 1 aromatic carbocycles. The second-order valence-corrected chi connectivity index (χ2v) is 4.39. The second kappa shape index (κ2) is 8.02. The molecule has 1 atom stereocenters. The van der Waals surface area contributed by atoms with Gasteiger partial charge in [0.2, 0.25) is 0 Å². The van der Waals surface area contributed by atoms with Gasteiger partial charge in [-0.25, -0.2) is 0 Å². The molecule has 1 unspecified atom stereocenters. The number of carbonyl (C=O) groups is 1. The molecular formula is C14H19N3O3. The first-order chi connectivity index (χ1) is 9.56. The van der Waals surface area contributed by atoms with E-state index in [4.69, 9.17) is 20.5 Å². The summed E-state index contributed by atoms with van der Waals surface area (Å²) in [6, 6.07) is 7.35. The first-order valence-corrected chi connectivity index (χ1v) is 6.25. The third-order valence-corrected chi connectivity index (χ3v) is 2.51. The lowest BCUT2D eigenvalue weighted by Gasteiger charge is -2.12. The zero-order valence-electron chi connectivity index (χ0n) is 11.7. The monoisotopic (exact) mass is 277 g/mol. The van der Waals surface area contributed by atoms with Crippen LogP contribution in [0.15, 0.2) is 18.2 Å². The van der Waals surface area contributed by atoms with Crippen molar-refractivity contribution in [2.45, 2.75) is 19.4 Å². The fraction of sp³-hybridized carbons (Fsp3) is 0.429. The van der Waals surface area contributed by atoms with Crippen molar-refractivity contribution in [3.8, 4) is 17.6 Å². The van der Waals surface area contributed by atoms with Crippen molar-refractivity contribution in [2.75, 3.05) is 20.3 Å². The Hall–Kier alpha value is -2.26. The summed E-state index contributed by atoms with van der Waals surface area (Å²) < 4.78 is 10.6. The molecule has 0 aliphatic heterocycles. The zero-order valence-corrected chi connectivity index (χ0v) is 11.7. The number of hydrogen-bond donors (Lipinski definition) is 2. The average molecular weight is 277 g/mol. The molecule has 0 saturated heterocycles. The molecule has 0 spiro atoms. The summed E-state index contributed by atoms with van der Waals surface area (Å²) in [5.41, 5.74) is 6.79. The fourth-order valence-corrected chi connectivity index (χ4v) is 1.66. The molecule has 0 bridgehead atoms. The van der Waals surface area contributed by atoms with E-state index in [1.807, 2.05) is 25.1 Å². The van der Waals surface area contributed by atoms with Crippen LogP contribution in [0.3, 0.4) is 0 Å². The smallest absolute Gasteiger partial charge is 0.258 e. The topological polar surface area (TPSA) is 97.4 Å². The normalized spacial score (nSPS) is 11.3. The summed E-state index contributed by atoms with van der Waals surface area (Å²) in [5, 5.41) is 10.7. The van der Waals surface area contributed by atoms with Crippen molar-refractivity contribution in [3.05, 3.63) is 23.8 Å². The van der Waals surface area contributed by atoms with Crippen LogP contribution < -0.4 is 20.5 Å². The van der Waals surface area contributed by atoms with Gasteiger partial charge >= 0.3 is 0 Å². The van der Waals surface area contributed by atoms with E-state index < -0.39 is 0 Å². The number of nitrogens with two attached hydrogens (primary N) is 1. The predicted octanol–water partition coefficient (Wildman–Crippen LogP) is 0.603. The molecule has 20 heavy (non-hydrogen) atoms. The first-order valence-electron chi connectivity index (χ1n) is 6.25. The van der Waals surface area contributed by atoms with Gasteiger partial charge in [-0.1, -0.05) is 6.07 Å². The molecule has 1 rings (SSSR count). The molecule has 0 fully saturated rings. The SMILES string of the molecule is COc1cc(CC(C)N)ccc1OCC(=O)NCC#N. The van der Waals surface area contributed by atoms with E-state index in [9.17, 15) is 4.79 Å². The summed E-state index contributed by atoms with van der Waals surface area (Å²) in [6.07, 6.45) is 0.735. The molecule has 1 aromatic rings. The standard InChI is InChI=1S/C14H19N3O3/c1-10(16)7-11-3-4-12(13(8-11)19-2)20-9-14(18)17-6-5-15/h3-4,8,10H,6-7,9,16H2,1-2H3,(H,17,18). The van der Waals surface area contributed by atoms with Gasteiger partial charge in [0, 0.05) is 6.04 Å². The third kappa shape index (κ3) is 5.16. The van der Waals surface area contributed by atoms with Gasteiger partial charge in [-0.2, -0.15) is 5.26 Å². The number of nitriles is 1. The number of amides is 1. The highest BCUT2D eigenvalue weighted by Gasteiger charge is 2.09. The number of carbonyl (C=O) groups excluding carboxylic acids is 1. The van der Waals surface area contributed by atoms with Gasteiger partial charge in [-0.05, 0) is 31.0 Å². The van der Waals surface area contributed by atoms with Crippen LogP contribution in [0.1, 0.15) is 12.5 Å². The van der Waals surface area contributed by atoms with Crippen LogP contribution >= 0.6 is 0 Å². The van der Waals surface area contributed by atoms with Gasteiger partial charge in [-0.15, -0.1) is 0 Å². The Morgan fingerprint density at radius 1 is 1.50 bits per heavy atom. The van der Waals surface area contributed by atoms with Crippen molar-refractivity contribution in [1.82, 2.24) is 5.32 Å². The molecule has 108 valence electrons. The van der Waals surface area contributed by atoms with E-state index in [0.717, 1.165) is 12.0 Å². The van der Waals surface area contributed by atoms with E-state index >= 15 is 0 Å². The zero-order chi connectivity index (χ0) is 15.0. The molecule has 0 radical (unpaired) electrons. The highest BCUT2D eigenvalue weighted by molar-refractivity contribution is 5.77. The summed E-state index contributed by atoms with van der Waals surface area (Å²) >= 11 is 0. The maximum absolute atomic E-state index is 11.3. The third-order valence-electron chi connectivity index (χ3n) is 2.51. The fourth-order valence-electron chi connectivity index (χ4n) is 1.66. The van der Waals surface area contributed by atoms with Crippen LogP contribution in [0.2, 0.25) is 0 Å². The maximum Gasteiger partial charge on any atom is 0.258 e. The maximum atomic E-state index is 11.3. The van der Waals surface area contributed by atoms with Crippen LogP contribution in [-0.4, -0.2) is 32.2 Å². The Bertz CT molecular complexity index is 495. The largest absolute Gasteiger partial charge is 0.493 e. The highest BCUT2D eigenvalue weighted by Crippen LogP contribution is 2.28. The van der Waals surface area contributed by atoms with Gasteiger partial charge in [0.25, 0.3) is 5.91 Å². The number of methoxy groups -OCH3 is 1. The van der Waals surface area contributed by atoms with E-state index in [-0.39, 0.29) is 25.1 Å². The number of nitrogens with one attached hydrogen (secondary N) is 1. The van der Waals surface area contributed by atoms with Crippen molar-refractivity contribution in [3.63, 3.8) is 0 Å². The minimum atomic E-state index is -0.353. The summed E-state index contributed by atoms with van der Waals surface area (Å²) in [4.78, 5) is 11.3. The lowest BCUT2D eigenvalue weighted by Crippen LogP contribution is -2.29. The Balaban J connectivity index is 2.66. The summed E-state index contributed by atoms with van der Waals surface area (Å²) in [6.45, 7) is 1.73. The first kappa shape index (κ1) is 15.8. The van der Waals surface area contributed by atoms with Gasteiger partial charge in [0.05, 0.1) is 13.2 Å². The summed E-state index contributed by atoms with van der Waals surface area (Å²) in [7, 11) is 1.54. The molecular weight excluding hydrogens is 258 g/mol. The van der Waals surface area contributed by atoms with Gasteiger partial charge in [0.15, 0.2) is 18.1 Å². The Morgan fingerprint density at radius 2 is 2.25 bits per heavy atom. The minimum absolute atomic E-state index is 0.0351. The van der Waals surface area contributed by atoms with Crippen LogP contribution in [0.25, 0.3) is 0 Å². The number of hydrogen-bond acceptors (Lipinski definition) is 5. The van der Waals surface area contributed by atoms with Crippen molar-refractivity contribution >= 4 is 5.91 Å². The number of benzene rings is 1. The van der Waals surface area contributed by atoms with Crippen molar-refractivity contribution < 1.29 is 14.3 Å². The highest BCUT2D eigenvalue weighted by atomic mass is 16.5. The molecule has 3 N–H and O–H groups in total. The Morgan fingerprint density at radius 3 is 2.85 bits per heavy atom. The predicted molar refractivity (Wildman–Crippen MR) is 74.5 cm³/mol. The summed E-state index contributed by atoms with van der Waals surface area (Å²) in [5.74, 6) is 0.678. The minimum Gasteiger partial charge on any atom is -0.493 e. The molecule has 6 heteroatoms. The lowest BCUT2D eigenvalue weighted by molar-refractivity contribution is -0.122. The van der Waals surface area contributed by atoms with Crippen molar-refractivity contribution in [1.29, 1.82) is 5.26 Å². The quantitative estimate of drug-likeness (QED) is 0.711. The van der Waals surface area contributed by atoms with E-state index in [1.54, 1.807) is 6.07 Å². The van der Waals surface area contributed by atoms with Crippen LogP contribution in [-0.2, 0) is 11.2 Å². The van der Waals surface area contributed by atoms with E-state index in [1.165, 1.54) is 7.11 Å². The van der Waals surface area contributed by atoms with Gasteiger partial charge in [0.1, 0.15) is 6.54 Å². The Kier molecular flexibility index (Phi) is 6.33. The molecule has 0 heterocycles. The van der Waals surface area contributed by atoms with E-state index in [0.29, 0.717) is 11.5 Å². The van der Waals surface area contributed by atoms with Crippen LogP contribution in [0.4, 0.5) is 0 Å².